The van der Waals surface area contributed by atoms with E-state index >= 15 is 0 Å². The molecule has 0 bridgehead atoms. The predicted molar refractivity (Wildman–Crippen MR) is 98.4 cm³/mol. The van der Waals surface area contributed by atoms with E-state index in [1.54, 1.807) is 7.11 Å². The van der Waals surface area contributed by atoms with Crippen LogP contribution in [0.2, 0.25) is 0 Å². The average Bonchev–Trinajstić information content (AvgIpc) is 3.01. The lowest BCUT2D eigenvalue weighted by Crippen LogP contribution is -2.50. The van der Waals surface area contributed by atoms with Gasteiger partial charge in [-0.3, -0.25) is 4.79 Å². The van der Waals surface area contributed by atoms with Crippen LogP contribution in [-0.4, -0.2) is 42.3 Å². The number of piperidine rings is 1. The summed E-state index contributed by atoms with van der Waals surface area (Å²) in [6.07, 6.45) is 1.59. The van der Waals surface area contributed by atoms with Crippen molar-refractivity contribution < 1.29 is 9.53 Å². The van der Waals surface area contributed by atoms with Gasteiger partial charge >= 0.3 is 0 Å². The topological polar surface area (TPSA) is 68.2 Å². The van der Waals surface area contributed by atoms with Gasteiger partial charge in [0.05, 0.1) is 29.1 Å². The van der Waals surface area contributed by atoms with Crippen molar-refractivity contribution >= 4 is 16.9 Å². The molecule has 1 aliphatic heterocycles. The van der Waals surface area contributed by atoms with E-state index in [0.29, 0.717) is 6.61 Å². The van der Waals surface area contributed by atoms with E-state index in [9.17, 15) is 4.79 Å². The van der Waals surface area contributed by atoms with Crippen molar-refractivity contribution in [3.05, 3.63) is 30.1 Å². The molecule has 6 heteroatoms. The van der Waals surface area contributed by atoms with Gasteiger partial charge in [-0.1, -0.05) is 12.1 Å². The van der Waals surface area contributed by atoms with Crippen LogP contribution < -0.4 is 10.6 Å². The fourth-order valence-corrected chi connectivity index (χ4v) is 3.79. The number of nitrogens with zero attached hydrogens (tertiary/aromatic N) is 2. The van der Waals surface area contributed by atoms with E-state index in [-0.39, 0.29) is 11.9 Å². The third-order valence-corrected chi connectivity index (χ3v) is 5.20. The summed E-state index contributed by atoms with van der Waals surface area (Å²) in [6, 6.07) is 7.95. The number of imidazole rings is 1. The quantitative estimate of drug-likeness (QED) is 0.843. The van der Waals surface area contributed by atoms with Crippen LogP contribution in [0.1, 0.15) is 38.6 Å². The Morgan fingerprint density at radius 2 is 2.12 bits per heavy atom. The van der Waals surface area contributed by atoms with Crippen LogP contribution in [0, 0.1) is 5.41 Å². The molecular formula is C19H28N4O2. The summed E-state index contributed by atoms with van der Waals surface area (Å²) in [7, 11) is 1.66. The van der Waals surface area contributed by atoms with Gasteiger partial charge in [-0.05, 0) is 51.9 Å². The second kappa shape index (κ2) is 7.54. The number of aromatic nitrogens is 2. The van der Waals surface area contributed by atoms with Crippen molar-refractivity contribution in [2.45, 2.75) is 39.3 Å². The Bertz CT molecular complexity index is 729. The summed E-state index contributed by atoms with van der Waals surface area (Å²) in [5.74, 6) is 0.969. The van der Waals surface area contributed by atoms with Crippen molar-refractivity contribution in [1.29, 1.82) is 0 Å². The molecule has 1 unspecified atom stereocenters. The molecule has 2 aromatic rings. The molecule has 6 nitrogen and oxygen atoms in total. The number of carbonyl (C=O) groups is 1. The summed E-state index contributed by atoms with van der Waals surface area (Å²) < 4.78 is 7.55. The third kappa shape index (κ3) is 3.41. The van der Waals surface area contributed by atoms with Gasteiger partial charge in [-0.25, -0.2) is 4.98 Å². The van der Waals surface area contributed by atoms with E-state index in [1.807, 2.05) is 25.1 Å². The predicted octanol–water partition coefficient (Wildman–Crippen LogP) is 2.25. The summed E-state index contributed by atoms with van der Waals surface area (Å²) in [4.78, 5) is 17.8. The van der Waals surface area contributed by atoms with Crippen molar-refractivity contribution in [2.75, 3.05) is 26.8 Å². The minimum Gasteiger partial charge on any atom is -0.384 e. The standard InChI is InChI=1S/C19H28N4O2/c1-4-23-16-8-6-5-7-15(16)22-17(23)14(2)21-18(24)19(13-25-3)9-11-20-12-10-19/h5-8,14,20H,4,9-13H2,1-3H3,(H,21,24). The molecule has 1 aliphatic rings. The molecule has 0 spiro atoms. The fourth-order valence-electron chi connectivity index (χ4n) is 3.79. The molecule has 2 heterocycles. The molecule has 2 N–H and O–H groups in total. The number of hydrogen-bond donors (Lipinski definition) is 2. The summed E-state index contributed by atoms with van der Waals surface area (Å²) >= 11 is 0. The number of nitrogens with one attached hydrogen (secondary N) is 2. The van der Waals surface area contributed by atoms with Gasteiger partial charge in [0.25, 0.3) is 0 Å². The van der Waals surface area contributed by atoms with Gasteiger partial charge in [0.2, 0.25) is 5.91 Å². The summed E-state index contributed by atoms with van der Waals surface area (Å²) in [5.41, 5.74) is 1.63. The van der Waals surface area contributed by atoms with Crippen molar-refractivity contribution in [1.82, 2.24) is 20.2 Å². The maximum atomic E-state index is 13.1. The Kier molecular flexibility index (Phi) is 5.39. The number of amides is 1. The smallest absolute Gasteiger partial charge is 0.229 e. The van der Waals surface area contributed by atoms with Gasteiger partial charge < -0.3 is 19.9 Å². The Morgan fingerprint density at radius 1 is 1.40 bits per heavy atom. The highest BCUT2D eigenvalue weighted by atomic mass is 16.5. The number of hydrogen-bond acceptors (Lipinski definition) is 4. The van der Waals surface area contributed by atoms with Gasteiger partial charge in [-0.15, -0.1) is 0 Å². The van der Waals surface area contributed by atoms with Gasteiger partial charge in [0, 0.05) is 13.7 Å². The molecule has 136 valence electrons. The second-order valence-corrected chi connectivity index (χ2v) is 6.86. The SMILES string of the molecule is CCn1c(C(C)NC(=O)C2(COC)CCNCC2)nc2ccccc21. The number of carbonyl (C=O) groups excluding carboxylic acids is 1. The Labute approximate surface area is 149 Å². The highest BCUT2D eigenvalue weighted by molar-refractivity contribution is 5.83. The van der Waals surface area contributed by atoms with Gasteiger partial charge in [0.1, 0.15) is 5.82 Å². The van der Waals surface area contributed by atoms with Crippen LogP contribution in [0.3, 0.4) is 0 Å². The minimum absolute atomic E-state index is 0.0676. The molecule has 0 saturated carbocycles. The molecule has 3 rings (SSSR count). The average molecular weight is 344 g/mol. The molecule has 1 saturated heterocycles. The number of fused-ring (bicyclic) bond motifs is 1. The third-order valence-electron chi connectivity index (χ3n) is 5.20. The lowest BCUT2D eigenvalue weighted by Gasteiger charge is -2.36. The molecule has 25 heavy (non-hydrogen) atoms. The maximum absolute atomic E-state index is 13.1. The summed E-state index contributed by atoms with van der Waals surface area (Å²) in [6.45, 7) is 7.08. The molecule has 1 aromatic heterocycles. The van der Waals surface area contributed by atoms with Gasteiger partial charge in [0.15, 0.2) is 0 Å². The van der Waals surface area contributed by atoms with E-state index in [4.69, 9.17) is 9.72 Å². The van der Waals surface area contributed by atoms with Crippen molar-refractivity contribution in [2.24, 2.45) is 5.41 Å². The number of methoxy groups -OCH3 is 1. The Morgan fingerprint density at radius 3 is 2.80 bits per heavy atom. The largest absolute Gasteiger partial charge is 0.384 e. The van der Waals surface area contributed by atoms with E-state index in [1.165, 1.54) is 0 Å². The molecule has 1 atom stereocenters. The lowest BCUT2D eigenvalue weighted by molar-refractivity contribution is -0.137. The van der Waals surface area contributed by atoms with Gasteiger partial charge in [-0.2, -0.15) is 0 Å². The molecule has 0 radical (unpaired) electrons. The first-order valence-corrected chi connectivity index (χ1v) is 9.07. The number of ether oxygens (including phenoxy) is 1. The highest BCUT2D eigenvalue weighted by Crippen LogP contribution is 2.31. The Hall–Kier alpha value is -1.92. The van der Waals surface area contributed by atoms with E-state index in [0.717, 1.165) is 49.3 Å². The second-order valence-electron chi connectivity index (χ2n) is 6.86. The zero-order valence-electron chi connectivity index (χ0n) is 15.3. The zero-order chi connectivity index (χ0) is 17.9. The van der Waals surface area contributed by atoms with Crippen LogP contribution >= 0.6 is 0 Å². The van der Waals surface area contributed by atoms with Crippen LogP contribution in [0.25, 0.3) is 11.0 Å². The molecule has 1 amide bonds. The maximum Gasteiger partial charge on any atom is 0.229 e. The van der Waals surface area contributed by atoms with Crippen molar-refractivity contribution in [3.8, 4) is 0 Å². The molecular weight excluding hydrogens is 316 g/mol. The number of aryl methyl sites for hydroxylation is 1. The number of para-hydroxylation sites is 2. The fraction of sp³-hybridized carbons (Fsp3) is 0.579. The van der Waals surface area contributed by atoms with E-state index in [2.05, 4.69) is 28.2 Å². The lowest BCUT2D eigenvalue weighted by atomic mass is 9.78. The molecule has 0 aliphatic carbocycles. The van der Waals surface area contributed by atoms with E-state index < -0.39 is 5.41 Å². The van der Waals surface area contributed by atoms with Crippen molar-refractivity contribution in [3.63, 3.8) is 0 Å². The first kappa shape index (κ1) is 17.9. The Balaban J connectivity index is 1.83. The first-order valence-electron chi connectivity index (χ1n) is 9.07. The number of rotatable bonds is 6. The first-order chi connectivity index (χ1) is 12.1. The molecule has 1 fully saturated rings. The van der Waals surface area contributed by atoms with Crippen LogP contribution in [0.5, 0.6) is 0 Å². The normalized spacial score (nSPS) is 18.2. The monoisotopic (exact) mass is 344 g/mol. The summed E-state index contributed by atoms with van der Waals surface area (Å²) in [5, 5.41) is 6.52. The van der Waals surface area contributed by atoms with Crippen LogP contribution in [0.4, 0.5) is 0 Å². The van der Waals surface area contributed by atoms with Crippen LogP contribution in [0.15, 0.2) is 24.3 Å². The highest BCUT2D eigenvalue weighted by Gasteiger charge is 2.40. The minimum atomic E-state index is -0.447. The molecule has 1 aromatic carbocycles. The number of benzene rings is 1. The van der Waals surface area contributed by atoms with Crippen LogP contribution in [-0.2, 0) is 16.1 Å². The zero-order valence-corrected chi connectivity index (χ0v) is 15.3.